The Kier molecular flexibility index (Phi) is 30.0. The van der Waals surface area contributed by atoms with Gasteiger partial charge in [0, 0.05) is 45.7 Å². The molecule has 3 heterocycles. The van der Waals surface area contributed by atoms with E-state index >= 15 is 0 Å². The topological polar surface area (TPSA) is 427 Å². The lowest BCUT2D eigenvalue weighted by Gasteiger charge is -2.40. The van der Waals surface area contributed by atoms with Crippen LogP contribution >= 0.6 is 0 Å². The number of aliphatic hydroxyl groups excluding tert-OH is 11. The molecule has 3 aliphatic heterocycles. The molecule has 446 valence electrons. The quantitative estimate of drug-likeness (QED) is 0.0285. The monoisotopic (exact) mass is 1120 g/mol. The predicted molar refractivity (Wildman–Crippen MR) is 267 cm³/mol. The van der Waals surface area contributed by atoms with Gasteiger partial charge in [0.15, 0.2) is 18.9 Å². The second kappa shape index (κ2) is 35.4. The first-order chi connectivity index (χ1) is 37.3. The van der Waals surface area contributed by atoms with E-state index in [0.29, 0.717) is 45.1 Å². The number of aliphatic hydroxyl groups is 11. The second-order valence-corrected chi connectivity index (χ2v) is 19.1. The summed E-state index contributed by atoms with van der Waals surface area (Å²) in [6.07, 6.45) is -19.4. The van der Waals surface area contributed by atoms with Gasteiger partial charge in [-0.15, -0.1) is 0 Å². The zero-order valence-electron chi connectivity index (χ0n) is 43.8. The molecule has 3 fully saturated rings. The van der Waals surface area contributed by atoms with E-state index < -0.39 is 149 Å². The third-order valence-electron chi connectivity index (χ3n) is 13.0. The van der Waals surface area contributed by atoms with Gasteiger partial charge in [0.25, 0.3) is 0 Å². The number of rotatable bonds is 34. The molecule has 4 rings (SSSR count). The molecule has 15 atom stereocenters. The summed E-state index contributed by atoms with van der Waals surface area (Å²) in [6, 6.07) is 9.18. The fourth-order valence-corrected chi connectivity index (χ4v) is 8.35. The van der Waals surface area contributed by atoms with Crippen LogP contribution in [0.25, 0.3) is 0 Å². The van der Waals surface area contributed by atoms with Crippen molar-refractivity contribution in [1.82, 2.24) is 31.1 Å². The Hall–Kier alpha value is -4.35. The van der Waals surface area contributed by atoms with Crippen LogP contribution in [0.1, 0.15) is 57.4 Å². The highest BCUT2D eigenvalue weighted by Gasteiger charge is 2.46. The van der Waals surface area contributed by atoms with Crippen LogP contribution < -0.4 is 21.3 Å². The summed E-state index contributed by atoms with van der Waals surface area (Å²) in [5, 5.41) is 122. The Labute approximate surface area is 451 Å². The van der Waals surface area contributed by atoms with Crippen LogP contribution in [0.5, 0.6) is 0 Å². The lowest BCUT2D eigenvalue weighted by Crippen LogP contribution is -2.59. The van der Waals surface area contributed by atoms with E-state index in [1.165, 1.54) is 16.7 Å². The van der Waals surface area contributed by atoms with Gasteiger partial charge in [0.2, 0.25) is 23.6 Å². The van der Waals surface area contributed by atoms with Crippen LogP contribution in [0.3, 0.4) is 0 Å². The molecule has 0 aliphatic carbocycles. The lowest BCUT2D eigenvalue weighted by atomic mass is 9.99. The Morgan fingerprint density at radius 3 is 1.50 bits per heavy atom. The number of carbonyl (C=O) groups excluding carboxylic acids is 5. The van der Waals surface area contributed by atoms with Gasteiger partial charge in [-0.3, -0.25) is 24.1 Å². The van der Waals surface area contributed by atoms with Gasteiger partial charge in [-0.1, -0.05) is 36.8 Å². The normalized spacial score (nSPS) is 29.1. The first kappa shape index (κ1) is 66.2. The van der Waals surface area contributed by atoms with Gasteiger partial charge >= 0.3 is 6.09 Å². The standard InChI is InChI=1S/C49H82N6O23/c1-29-37(62)40(65)43(68)46(76-29)72-20-17-52-33(58)13-7-3-8-14-50-34(59)23-54(24-35(60)51-15-9-4-10-16-53-49(71)75-28-30-11-5-2-6-12-30)25-36(61)55(18-21-73-47-44(69)41(66)38(63)31(26-56)77-47)19-22-74-48-45(70)42(67)39(64)32(27-57)78-48/h2,5-6,11-12,29,31-32,37-48,56-57,62-70H,3-4,7-10,13-28H2,1H3,(H,50,59)(H,51,60)(H,52,58)(H,53,71)/t29-,31+,32+,37+,38+,39+,40+,41-,42-,43-,44-,45-,46+,47-,48-/m0/s1. The van der Waals surface area contributed by atoms with Gasteiger partial charge in [0.1, 0.15) is 73.8 Å². The molecule has 0 saturated carbocycles. The molecule has 15 N–H and O–H groups in total. The molecular weight excluding hydrogens is 1040 g/mol. The number of amides is 5. The van der Waals surface area contributed by atoms with Gasteiger partial charge in [-0.25, -0.2) is 4.79 Å². The van der Waals surface area contributed by atoms with Gasteiger partial charge < -0.3 is 115 Å². The average Bonchev–Trinajstić information content (AvgIpc) is 3.44. The number of hydrogen-bond acceptors (Lipinski definition) is 24. The van der Waals surface area contributed by atoms with Crippen molar-refractivity contribution in [1.29, 1.82) is 0 Å². The molecule has 0 bridgehead atoms. The SMILES string of the molecule is C[C@@H]1O[C@@H](OCCNC(=O)CCCCCNC(=O)CN(CC(=O)NCCCCCNC(=O)OCc2ccccc2)CC(=O)N(CCO[C@H]2O[C@H](CO)[C@@H](O)[C@H](O)[C@@H]2O)CCO[C@H]2O[C@H](CO)[C@@H](O)[C@H](O)[C@@H]2O)[C@@H](O)[C@H](O)[C@@H]1O. The van der Waals surface area contributed by atoms with Crippen molar-refractivity contribution in [2.75, 3.05) is 91.9 Å². The summed E-state index contributed by atoms with van der Waals surface area (Å²) in [6.45, 7) is -1.74. The number of alkyl carbamates (subject to hydrolysis) is 1. The largest absolute Gasteiger partial charge is 0.445 e. The van der Waals surface area contributed by atoms with E-state index in [4.69, 9.17) is 33.2 Å². The molecule has 1 aromatic rings. The summed E-state index contributed by atoms with van der Waals surface area (Å²) in [5.74, 6) is -2.04. The summed E-state index contributed by atoms with van der Waals surface area (Å²) >= 11 is 0. The summed E-state index contributed by atoms with van der Waals surface area (Å²) < 4.78 is 38.1. The number of nitrogens with one attached hydrogen (secondary N) is 4. The van der Waals surface area contributed by atoms with Crippen molar-refractivity contribution in [2.24, 2.45) is 0 Å². The van der Waals surface area contributed by atoms with E-state index in [-0.39, 0.29) is 71.5 Å². The van der Waals surface area contributed by atoms with Gasteiger partial charge in [-0.05, 0) is 44.6 Å². The molecule has 29 heteroatoms. The van der Waals surface area contributed by atoms with Gasteiger partial charge in [-0.2, -0.15) is 0 Å². The van der Waals surface area contributed by atoms with Crippen LogP contribution in [0.15, 0.2) is 30.3 Å². The zero-order valence-corrected chi connectivity index (χ0v) is 43.8. The van der Waals surface area contributed by atoms with Gasteiger partial charge in [0.05, 0.1) is 58.8 Å². The third-order valence-corrected chi connectivity index (χ3v) is 13.0. The highest BCUT2D eigenvalue weighted by molar-refractivity contribution is 5.84. The molecule has 3 aliphatic rings. The van der Waals surface area contributed by atoms with Crippen LogP contribution in [0, 0.1) is 0 Å². The van der Waals surface area contributed by atoms with Crippen LogP contribution in [0.2, 0.25) is 0 Å². The number of benzene rings is 1. The minimum atomic E-state index is -1.76. The molecule has 5 amide bonds. The van der Waals surface area contributed by atoms with Crippen LogP contribution in [-0.2, 0) is 58.9 Å². The number of nitrogens with zero attached hydrogens (tertiary/aromatic N) is 2. The van der Waals surface area contributed by atoms with E-state index in [1.54, 1.807) is 0 Å². The minimum absolute atomic E-state index is 0.0355. The molecule has 0 unspecified atom stereocenters. The number of unbranched alkanes of at least 4 members (excludes halogenated alkanes) is 4. The fourth-order valence-electron chi connectivity index (χ4n) is 8.35. The smallest absolute Gasteiger partial charge is 0.407 e. The Morgan fingerprint density at radius 1 is 0.513 bits per heavy atom. The maximum Gasteiger partial charge on any atom is 0.407 e. The Bertz CT molecular complexity index is 1870. The number of carbonyl (C=O) groups is 5. The maximum atomic E-state index is 14.1. The van der Waals surface area contributed by atoms with E-state index in [2.05, 4.69) is 21.3 Å². The van der Waals surface area contributed by atoms with Crippen molar-refractivity contribution >= 4 is 29.7 Å². The Balaban J connectivity index is 1.30. The number of ether oxygens (including phenoxy) is 7. The lowest BCUT2D eigenvalue weighted by molar-refractivity contribution is -0.303. The van der Waals surface area contributed by atoms with Crippen molar-refractivity contribution in [3.05, 3.63) is 35.9 Å². The Morgan fingerprint density at radius 2 is 0.974 bits per heavy atom. The molecule has 3 saturated heterocycles. The summed E-state index contributed by atoms with van der Waals surface area (Å²) in [5.41, 5.74) is 0.841. The molecule has 0 spiro atoms. The van der Waals surface area contributed by atoms with Crippen molar-refractivity contribution in [2.45, 2.75) is 151 Å². The first-order valence-corrected chi connectivity index (χ1v) is 26.2. The van der Waals surface area contributed by atoms with E-state index in [9.17, 15) is 80.1 Å². The second-order valence-electron chi connectivity index (χ2n) is 19.1. The first-order valence-electron chi connectivity index (χ1n) is 26.2. The zero-order chi connectivity index (χ0) is 57.1. The number of hydrogen-bond donors (Lipinski definition) is 15. The highest BCUT2D eigenvalue weighted by atomic mass is 16.7. The predicted octanol–water partition coefficient (Wildman–Crippen LogP) is -6.40. The van der Waals surface area contributed by atoms with Crippen molar-refractivity contribution < 1.29 is 113 Å². The molecular formula is C49H82N6O23. The molecule has 78 heavy (non-hydrogen) atoms. The summed E-state index contributed by atoms with van der Waals surface area (Å²) in [4.78, 5) is 67.7. The third kappa shape index (κ3) is 22.3. The van der Waals surface area contributed by atoms with Crippen molar-refractivity contribution in [3.8, 4) is 0 Å². The minimum Gasteiger partial charge on any atom is -0.445 e. The average molecular weight is 1120 g/mol. The van der Waals surface area contributed by atoms with Crippen LogP contribution in [0.4, 0.5) is 4.79 Å². The maximum absolute atomic E-state index is 14.1. The highest BCUT2D eigenvalue weighted by Crippen LogP contribution is 2.24. The van der Waals surface area contributed by atoms with E-state index in [1.807, 2.05) is 30.3 Å². The molecule has 0 aromatic heterocycles. The van der Waals surface area contributed by atoms with Crippen LogP contribution in [-0.4, -0.2) is 280 Å². The van der Waals surface area contributed by atoms with Crippen molar-refractivity contribution in [3.63, 3.8) is 0 Å². The fraction of sp³-hybridized carbons (Fsp3) is 0.776. The molecule has 1 aromatic carbocycles. The molecule has 0 radical (unpaired) electrons. The van der Waals surface area contributed by atoms with E-state index in [0.717, 1.165) is 5.56 Å². The molecule has 29 nitrogen and oxygen atoms in total. The summed E-state index contributed by atoms with van der Waals surface area (Å²) in [7, 11) is 0.